The van der Waals surface area contributed by atoms with Crippen molar-refractivity contribution in [3.63, 3.8) is 0 Å². The molecule has 0 radical (unpaired) electrons. The first-order valence-electron chi connectivity index (χ1n) is 6.45. The summed E-state index contributed by atoms with van der Waals surface area (Å²) in [6, 6.07) is 7.89. The molecule has 8 heteroatoms. The third-order valence-electron chi connectivity index (χ3n) is 2.56. The maximum absolute atomic E-state index is 10.6. The van der Waals surface area contributed by atoms with E-state index in [1.54, 1.807) is 0 Å². The normalized spacial score (nSPS) is 10.5. The summed E-state index contributed by atoms with van der Waals surface area (Å²) >= 11 is 1.42. The standard InChI is InChI=1S/C13H16N4O3S/c1-10-4-2-5-11(8-10)20-6-3-7-21-13-14-15-16-17(13)9-12(18)19/h2,4-5,8H,3,6-7,9H2,1H3,(H,18,19). The number of aromatic nitrogens is 4. The molecule has 0 aliphatic carbocycles. The number of carbonyl (C=O) groups is 1. The van der Waals surface area contributed by atoms with E-state index >= 15 is 0 Å². The molecule has 0 saturated carbocycles. The van der Waals surface area contributed by atoms with Gasteiger partial charge in [-0.05, 0) is 41.5 Å². The molecule has 2 rings (SSSR count). The summed E-state index contributed by atoms with van der Waals surface area (Å²) in [5.74, 6) is 0.647. The van der Waals surface area contributed by atoms with E-state index in [2.05, 4.69) is 15.5 Å². The Labute approximate surface area is 126 Å². The Balaban J connectivity index is 1.70. The number of aryl methyl sites for hydroxylation is 1. The van der Waals surface area contributed by atoms with Gasteiger partial charge in [-0.3, -0.25) is 4.79 Å². The molecule has 1 N–H and O–H groups in total. The molecule has 0 atom stereocenters. The lowest BCUT2D eigenvalue weighted by Crippen LogP contribution is -2.11. The fourth-order valence-electron chi connectivity index (χ4n) is 1.64. The first kappa shape index (κ1) is 15.3. The number of benzene rings is 1. The first-order valence-corrected chi connectivity index (χ1v) is 7.44. The van der Waals surface area contributed by atoms with Crippen LogP contribution in [0.4, 0.5) is 0 Å². The average Bonchev–Trinajstić information content (AvgIpc) is 2.85. The maximum atomic E-state index is 10.6. The molecular weight excluding hydrogens is 292 g/mol. The highest BCUT2D eigenvalue weighted by molar-refractivity contribution is 7.99. The molecule has 0 aliphatic heterocycles. The minimum atomic E-state index is -0.966. The van der Waals surface area contributed by atoms with E-state index in [1.165, 1.54) is 16.4 Å². The molecular formula is C13H16N4O3S. The highest BCUT2D eigenvalue weighted by atomic mass is 32.2. The molecule has 0 amide bonds. The van der Waals surface area contributed by atoms with Crippen molar-refractivity contribution in [2.45, 2.75) is 25.0 Å². The molecule has 0 unspecified atom stereocenters. The highest BCUT2D eigenvalue weighted by Gasteiger charge is 2.09. The summed E-state index contributed by atoms with van der Waals surface area (Å²) < 4.78 is 6.91. The van der Waals surface area contributed by atoms with E-state index < -0.39 is 5.97 Å². The van der Waals surface area contributed by atoms with Crippen LogP contribution in [-0.2, 0) is 11.3 Å². The van der Waals surface area contributed by atoms with Crippen LogP contribution < -0.4 is 4.74 Å². The van der Waals surface area contributed by atoms with Crippen molar-refractivity contribution in [3.8, 4) is 5.75 Å². The lowest BCUT2D eigenvalue weighted by molar-refractivity contribution is -0.138. The van der Waals surface area contributed by atoms with E-state index in [1.807, 2.05) is 31.2 Å². The van der Waals surface area contributed by atoms with Gasteiger partial charge in [-0.2, -0.15) is 0 Å². The number of tetrazole rings is 1. The fourth-order valence-corrected chi connectivity index (χ4v) is 2.43. The number of carboxylic acids is 1. The number of nitrogens with zero attached hydrogens (tertiary/aromatic N) is 4. The predicted octanol–water partition coefficient (Wildman–Crippen LogP) is 1.63. The SMILES string of the molecule is Cc1cccc(OCCCSc2nnnn2CC(=O)O)c1. The molecule has 0 bridgehead atoms. The zero-order chi connectivity index (χ0) is 15.1. The van der Waals surface area contributed by atoms with E-state index in [9.17, 15) is 4.79 Å². The number of aliphatic carboxylic acids is 1. The smallest absolute Gasteiger partial charge is 0.325 e. The molecule has 21 heavy (non-hydrogen) atoms. The van der Waals surface area contributed by atoms with E-state index in [-0.39, 0.29) is 6.54 Å². The van der Waals surface area contributed by atoms with Crippen LogP contribution in [0.1, 0.15) is 12.0 Å². The molecule has 0 aliphatic rings. The van der Waals surface area contributed by atoms with Crippen LogP contribution in [0.3, 0.4) is 0 Å². The summed E-state index contributed by atoms with van der Waals surface area (Å²) in [6.45, 7) is 2.39. The highest BCUT2D eigenvalue weighted by Crippen LogP contribution is 2.16. The van der Waals surface area contributed by atoms with Crippen molar-refractivity contribution in [2.75, 3.05) is 12.4 Å². The van der Waals surface area contributed by atoms with Gasteiger partial charge in [0.1, 0.15) is 12.3 Å². The van der Waals surface area contributed by atoms with Crippen LogP contribution >= 0.6 is 11.8 Å². The monoisotopic (exact) mass is 308 g/mol. The van der Waals surface area contributed by atoms with Gasteiger partial charge in [-0.25, -0.2) is 4.68 Å². The Morgan fingerprint density at radius 1 is 1.48 bits per heavy atom. The van der Waals surface area contributed by atoms with Gasteiger partial charge in [0, 0.05) is 5.75 Å². The molecule has 0 spiro atoms. The number of rotatable bonds is 8. The molecule has 1 aromatic carbocycles. The van der Waals surface area contributed by atoms with E-state index in [0.717, 1.165) is 23.5 Å². The van der Waals surface area contributed by atoms with Gasteiger partial charge in [0.25, 0.3) is 0 Å². The number of hydrogen-bond acceptors (Lipinski definition) is 6. The molecule has 0 saturated heterocycles. The molecule has 7 nitrogen and oxygen atoms in total. The third-order valence-corrected chi connectivity index (χ3v) is 3.61. The predicted molar refractivity (Wildman–Crippen MR) is 77.5 cm³/mol. The number of thioether (sulfide) groups is 1. The Bertz CT molecular complexity index is 603. The quantitative estimate of drug-likeness (QED) is 0.585. The molecule has 1 heterocycles. The first-order chi connectivity index (χ1) is 10.1. The summed E-state index contributed by atoms with van der Waals surface area (Å²) in [4.78, 5) is 10.6. The second kappa shape index (κ2) is 7.63. The summed E-state index contributed by atoms with van der Waals surface area (Å²) in [5, 5.41) is 20.1. The van der Waals surface area contributed by atoms with Crippen LogP contribution in [0, 0.1) is 6.92 Å². The van der Waals surface area contributed by atoms with Crippen LogP contribution in [0.25, 0.3) is 0 Å². The topological polar surface area (TPSA) is 90.1 Å². The van der Waals surface area contributed by atoms with Gasteiger partial charge < -0.3 is 9.84 Å². The van der Waals surface area contributed by atoms with Gasteiger partial charge in [0.2, 0.25) is 5.16 Å². The molecule has 0 fully saturated rings. The van der Waals surface area contributed by atoms with Crippen molar-refractivity contribution in [1.82, 2.24) is 20.2 Å². The second-order valence-electron chi connectivity index (χ2n) is 4.38. The van der Waals surface area contributed by atoms with Gasteiger partial charge in [0.05, 0.1) is 6.61 Å². The van der Waals surface area contributed by atoms with Crippen molar-refractivity contribution in [1.29, 1.82) is 0 Å². The van der Waals surface area contributed by atoms with Crippen molar-refractivity contribution >= 4 is 17.7 Å². The largest absolute Gasteiger partial charge is 0.494 e. The minimum Gasteiger partial charge on any atom is -0.494 e. The summed E-state index contributed by atoms with van der Waals surface area (Å²) in [6.07, 6.45) is 0.818. The molecule has 112 valence electrons. The van der Waals surface area contributed by atoms with E-state index in [0.29, 0.717) is 11.8 Å². The number of ether oxygens (including phenoxy) is 1. The fraction of sp³-hybridized carbons (Fsp3) is 0.385. The van der Waals surface area contributed by atoms with Gasteiger partial charge in [-0.1, -0.05) is 23.9 Å². The maximum Gasteiger partial charge on any atom is 0.325 e. The van der Waals surface area contributed by atoms with Crippen molar-refractivity contribution in [2.24, 2.45) is 0 Å². The lowest BCUT2D eigenvalue weighted by atomic mass is 10.2. The van der Waals surface area contributed by atoms with Crippen molar-refractivity contribution < 1.29 is 14.6 Å². The Morgan fingerprint density at radius 2 is 2.33 bits per heavy atom. The van der Waals surface area contributed by atoms with Gasteiger partial charge in [-0.15, -0.1) is 5.10 Å². The lowest BCUT2D eigenvalue weighted by Gasteiger charge is -2.06. The van der Waals surface area contributed by atoms with Gasteiger partial charge in [0.15, 0.2) is 0 Å². The second-order valence-corrected chi connectivity index (χ2v) is 5.44. The third kappa shape index (κ3) is 5.07. The minimum absolute atomic E-state index is 0.227. The molecule has 2 aromatic rings. The van der Waals surface area contributed by atoms with Crippen LogP contribution in [0.5, 0.6) is 5.75 Å². The zero-order valence-corrected chi connectivity index (χ0v) is 12.4. The van der Waals surface area contributed by atoms with Crippen LogP contribution in [0.2, 0.25) is 0 Å². The van der Waals surface area contributed by atoms with E-state index in [4.69, 9.17) is 9.84 Å². The number of carboxylic acid groups (broad SMARTS) is 1. The zero-order valence-electron chi connectivity index (χ0n) is 11.6. The Kier molecular flexibility index (Phi) is 5.56. The molecule has 1 aromatic heterocycles. The summed E-state index contributed by atoms with van der Waals surface area (Å²) in [7, 11) is 0. The Morgan fingerprint density at radius 3 is 3.10 bits per heavy atom. The van der Waals surface area contributed by atoms with Gasteiger partial charge >= 0.3 is 5.97 Å². The van der Waals surface area contributed by atoms with Crippen LogP contribution in [-0.4, -0.2) is 43.6 Å². The van der Waals surface area contributed by atoms with Crippen molar-refractivity contribution in [3.05, 3.63) is 29.8 Å². The van der Waals surface area contributed by atoms with Crippen LogP contribution in [0.15, 0.2) is 29.4 Å². The average molecular weight is 308 g/mol. The Hall–Kier alpha value is -2.09. The number of hydrogen-bond donors (Lipinski definition) is 1. The summed E-state index contributed by atoms with van der Waals surface area (Å²) in [5.41, 5.74) is 1.16.